The molecule has 19 heavy (non-hydrogen) atoms. The zero-order chi connectivity index (χ0) is 15.1. The monoisotopic (exact) mass is 380 g/mol. The molecule has 0 aliphatic heterocycles. The van der Waals surface area contributed by atoms with Crippen molar-refractivity contribution in [1.82, 2.24) is 0 Å². The Morgan fingerprint density at radius 1 is 0.842 bits per heavy atom. The molecule has 0 saturated heterocycles. The van der Waals surface area contributed by atoms with Gasteiger partial charge in [-0.2, -0.15) is 0 Å². The van der Waals surface area contributed by atoms with Crippen molar-refractivity contribution in [3.8, 4) is 0 Å². The van der Waals surface area contributed by atoms with E-state index in [1.165, 1.54) is 38.5 Å². The number of rotatable bonds is 10. The van der Waals surface area contributed by atoms with Gasteiger partial charge in [0.15, 0.2) is 0 Å². The summed E-state index contributed by atoms with van der Waals surface area (Å²) in [6.45, 7) is 10.6. The predicted octanol–water partition coefficient (Wildman–Crippen LogP) is 5.95. The summed E-state index contributed by atoms with van der Waals surface area (Å²) in [7, 11) is 0. The quantitative estimate of drug-likeness (QED) is 0.477. The summed E-state index contributed by atoms with van der Waals surface area (Å²) in [6, 6.07) is 0. The fourth-order valence-corrected chi connectivity index (χ4v) is 17.2. The van der Waals surface area contributed by atoms with Crippen LogP contribution in [0.4, 0.5) is 0 Å². The Balaban J connectivity index is 0. The number of hydrogen-bond acceptors (Lipinski definition) is 1. The SMILES string of the molecule is CC(=O)O.CCC[CH2][Sn]([CH2]C)([CH2]CCC)[CH2]CCC. The van der Waals surface area contributed by atoms with Crippen LogP contribution in [0.1, 0.15) is 73.1 Å². The first kappa shape index (κ1) is 21.6. The van der Waals surface area contributed by atoms with E-state index in [2.05, 4.69) is 27.7 Å². The van der Waals surface area contributed by atoms with E-state index in [1.807, 2.05) is 0 Å². The molecule has 0 aromatic carbocycles. The van der Waals surface area contributed by atoms with Crippen molar-refractivity contribution < 1.29 is 9.90 Å². The molecule has 2 nitrogen and oxygen atoms in total. The van der Waals surface area contributed by atoms with Crippen LogP contribution in [0.3, 0.4) is 0 Å². The van der Waals surface area contributed by atoms with Gasteiger partial charge in [-0.3, -0.25) is 4.79 Å². The Kier molecular flexibility index (Phi) is 16.7. The molecule has 0 spiro atoms. The second kappa shape index (κ2) is 14.7. The molecule has 0 saturated carbocycles. The van der Waals surface area contributed by atoms with Gasteiger partial charge >= 0.3 is 102 Å². The van der Waals surface area contributed by atoms with Gasteiger partial charge in [0.25, 0.3) is 5.97 Å². The van der Waals surface area contributed by atoms with Crippen molar-refractivity contribution in [3.05, 3.63) is 0 Å². The van der Waals surface area contributed by atoms with Crippen LogP contribution in [0.2, 0.25) is 17.7 Å². The van der Waals surface area contributed by atoms with Gasteiger partial charge in [0.05, 0.1) is 0 Å². The molecule has 0 aliphatic carbocycles. The zero-order valence-corrected chi connectivity index (χ0v) is 16.8. The molecule has 0 rings (SSSR count). The molecule has 0 fully saturated rings. The molecule has 116 valence electrons. The normalized spacial score (nSPS) is 10.8. The second-order valence-electron chi connectivity index (χ2n) is 5.68. The molecule has 0 heterocycles. The van der Waals surface area contributed by atoms with Crippen molar-refractivity contribution >= 4 is 24.3 Å². The number of aliphatic carboxylic acids is 1. The summed E-state index contributed by atoms with van der Waals surface area (Å²) in [4.78, 5) is 9.00. The van der Waals surface area contributed by atoms with E-state index in [4.69, 9.17) is 9.90 Å². The van der Waals surface area contributed by atoms with Gasteiger partial charge in [-0.15, -0.1) is 0 Å². The molecule has 0 aliphatic rings. The Labute approximate surface area is 125 Å². The van der Waals surface area contributed by atoms with E-state index in [0.29, 0.717) is 0 Å². The number of hydrogen-bond donors (Lipinski definition) is 1. The second-order valence-corrected chi connectivity index (χ2v) is 20.5. The maximum absolute atomic E-state index is 9.00. The molecular formula is C16H36O2Sn. The molecule has 0 atom stereocenters. The summed E-state index contributed by atoms with van der Waals surface area (Å²) in [5.41, 5.74) is 0. The van der Waals surface area contributed by atoms with E-state index in [1.54, 1.807) is 17.7 Å². The van der Waals surface area contributed by atoms with Crippen LogP contribution in [0, 0.1) is 0 Å². The molecule has 0 bridgehead atoms. The summed E-state index contributed by atoms with van der Waals surface area (Å²) >= 11 is -1.62. The Morgan fingerprint density at radius 3 is 1.26 bits per heavy atom. The average Bonchev–Trinajstić information content (AvgIpc) is 2.38. The van der Waals surface area contributed by atoms with E-state index >= 15 is 0 Å². The summed E-state index contributed by atoms with van der Waals surface area (Å²) < 4.78 is 6.65. The third-order valence-electron chi connectivity index (χ3n) is 3.93. The predicted molar refractivity (Wildman–Crippen MR) is 88.7 cm³/mol. The van der Waals surface area contributed by atoms with Gasteiger partial charge in [0.2, 0.25) is 0 Å². The Morgan fingerprint density at radius 2 is 1.11 bits per heavy atom. The molecule has 0 amide bonds. The topological polar surface area (TPSA) is 37.3 Å². The minimum atomic E-state index is -1.62. The van der Waals surface area contributed by atoms with Crippen molar-refractivity contribution in [2.45, 2.75) is 90.9 Å². The fourth-order valence-electron chi connectivity index (χ4n) is 2.56. The first-order valence-electron chi connectivity index (χ1n) is 8.17. The number of unbranched alkanes of at least 4 members (excludes halogenated alkanes) is 3. The van der Waals surface area contributed by atoms with Gasteiger partial charge in [0.1, 0.15) is 0 Å². The maximum atomic E-state index is 9.00. The van der Waals surface area contributed by atoms with Crippen molar-refractivity contribution in [2.24, 2.45) is 0 Å². The van der Waals surface area contributed by atoms with Crippen molar-refractivity contribution in [2.75, 3.05) is 0 Å². The van der Waals surface area contributed by atoms with Crippen molar-refractivity contribution in [3.63, 3.8) is 0 Å². The van der Waals surface area contributed by atoms with Crippen LogP contribution < -0.4 is 0 Å². The third-order valence-corrected chi connectivity index (χ3v) is 20.3. The zero-order valence-electron chi connectivity index (χ0n) is 13.9. The van der Waals surface area contributed by atoms with Gasteiger partial charge in [-0.05, 0) is 0 Å². The first-order valence-corrected chi connectivity index (χ1v) is 16.2. The fraction of sp³-hybridized carbons (Fsp3) is 0.938. The Bertz CT molecular complexity index is 179. The molecule has 1 N–H and O–H groups in total. The van der Waals surface area contributed by atoms with Crippen LogP contribution in [0.5, 0.6) is 0 Å². The molecular weight excluding hydrogens is 343 g/mol. The summed E-state index contributed by atoms with van der Waals surface area (Å²) in [5.74, 6) is -0.833. The van der Waals surface area contributed by atoms with Crippen LogP contribution >= 0.6 is 0 Å². The first-order chi connectivity index (χ1) is 8.97. The number of carboxylic acids is 1. The third kappa shape index (κ3) is 14.5. The van der Waals surface area contributed by atoms with Crippen LogP contribution in [0.25, 0.3) is 0 Å². The standard InChI is InChI=1S/3C4H9.C2H4O2.C2H5.Sn/c3*1-3-4-2;1-2(3)4;1-2;/h3*1,3-4H2,2H3;1H3,(H,3,4);1H2,2H3;. The van der Waals surface area contributed by atoms with Crippen LogP contribution in [-0.4, -0.2) is 29.5 Å². The number of carboxylic acid groups (broad SMARTS) is 1. The molecule has 0 unspecified atom stereocenters. The van der Waals surface area contributed by atoms with E-state index < -0.39 is 24.3 Å². The van der Waals surface area contributed by atoms with E-state index in [0.717, 1.165) is 6.92 Å². The van der Waals surface area contributed by atoms with Crippen molar-refractivity contribution in [1.29, 1.82) is 0 Å². The van der Waals surface area contributed by atoms with Crippen LogP contribution in [0.15, 0.2) is 0 Å². The number of carbonyl (C=O) groups is 1. The van der Waals surface area contributed by atoms with Crippen LogP contribution in [-0.2, 0) is 4.79 Å². The van der Waals surface area contributed by atoms with Gasteiger partial charge in [0, 0.05) is 6.92 Å². The van der Waals surface area contributed by atoms with E-state index in [9.17, 15) is 0 Å². The Hall–Kier alpha value is 0.269. The molecule has 0 aromatic rings. The molecule has 0 radical (unpaired) electrons. The minimum absolute atomic E-state index is 0.833. The average molecular weight is 379 g/mol. The van der Waals surface area contributed by atoms with E-state index in [-0.39, 0.29) is 0 Å². The molecule has 0 aromatic heterocycles. The molecule has 3 heteroatoms. The summed E-state index contributed by atoms with van der Waals surface area (Å²) in [6.07, 6.45) is 8.82. The summed E-state index contributed by atoms with van der Waals surface area (Å²) in [5, 5.41) is 7.42. The van der Waals surface area contributed by atoms with Gasteiger partial charge < -0.3 is 5.11 Å². The van der Waals surface area contributed by atoms with Gasteiger partial charge in [-0.25, -0.2) is 0 Å². The van der Waals surface area contributed by atoms with Gasteiger partial charge in [-0.1, -0.05) is 0 Å².